The Morgan fingerprint density at radius 2 is 1.44 bits per heavy atom. The van der Waals surface area contributed by atoms with E-state index in [0.29, 0.717) is 12.8 Å². The Bertz CT molecular complexity index is 977. The molecule has 5 heteroatoms. The fourth-order valence-electron chi connectivity index (χ4n) is 4.31. The van der Waals surface area contributed by atoms with E-state index < -0.39 is 8.32 Å². The molecule has 0 radical (unpaired) electrons. The molecule has 2 atom stereocenters. The van der Waals surface area contributed by atoms with Gasteiger partial charge in [-0.3, -0.25) is 4.79 Å². The number of benzene rings is 2. The van der Waals surface area contributed by atoms with E-state index in [0.717, 1.165) is 5.03 Å². The van der Waals surface area contributed by atoms with Gasteiger partial charge in [0.25, 0.3) is 8.32 Å². The summed E-state index contributed by atoms with van der Waals surface area (Å²) in [6.07, 6.45) is 7.05. The maximum absolute atomic E-state index is 12.6. The van der Waals surface area contributed by atoms with Crippen molar-refractivity contribution in [1.82, 2.24) is 5.32 Å². The molecule has 0 aliphatic heterocycles. The molecule has 0 heterocycles. The molecule has 2 aromatic carbocycles. The van der Waals surface area contributed by atoms with Gasteiger partial charge in [0.05, 0.1) is 6.10 Å². The van der Waals surface area contributed by atoms with Gasteiger partial charge < -0.3 is 9.74 Å². The lowest BCUT2D eigenvalue weighted by Gasteiger charge is -2.45. The van der Waals surface area contributed by atoms with Crippen LogP contribution in [0.15, 0.2) is 84.0 Å². The van der Waals surface area contributed by atoms with E-state index in [1.165, 1.54) is 10.4 Å². The third kappa shape index (κ3) is 7.93. The highest BCUT2D eigenvalue weighted by atomic mass is 35.5. The monoisotopic (exact) mass is 525 g/mol. The zero-order valence-corrected chi connectivity index (χ0v) is 25.0. The third-order valence-corrected chi connectivity index (χ3v) is 12.1. The number of hydrogen-bond donors (Lipinski definition) is 1. The standard InChI is InChI=1S/C31H44ClNO2Si/c1-24(32)21-22-26(16-15-23-33-29(34)25(2)30(3,4)5)35-36(31(6,7)8,27-17-11-9-12-18-27)28-19-13-10-14-20-28/h9-15,17-21,23,25-26H,16,22H2,1-8H3,(H,33,34)/b23-15-,24-21+/t25-,26-/m1/s1. The van der Waals surface area contributed by atoms with Gasteiger partial charge in [-0.2, -0.15) is 0 Å². The van der Waals surface area contributed by atoms with Gasteiger partial charge >= 0.3 is 0 Å². The molecular weight excluding hydrogens is 482 g/mol. The topological polar surface area (TPSA) is 38.3 Å². The number of hydrogen-bond acceptors (Lipinski definition) is 2. The van der Waals surface area contributed by atoms with E-state index in [1.54, 1.807) is 6.20 Å². The smallest absolute Gasteiger partial charge is 0.261 e. The van der Waals surface area contributed by atoms with E-state index in [2.05, 4.69) is 108 Å². The van der Waals surface area contributed by atoms with Crippen LogP contribution in [-0.4, -0.2) is 20.3 Å². The molecule has 0 bridgehead atoms. The lowest BCUT2D eigenvalue weighted by molar-refractivity contribution is -0.126. The molecule has 0 aromatic heterocycles. The molecule has 0 fully saturated rings. The number of carbonyl (C=O) groups is 1. The Morgan fingerprint density at radius 1 is 0.944 bits per heavy atom. The predicted molar refractivity (Wildman–Crippen MR) is 157 cm³/mol. The zero-order valence-electron chi connectivity index (χ0n) is 23.3. The van der Waals surface area contributed by atoms with Gasteiger partial charge in [-0.15, -0.1) is 0 Å². The minimum atomic E-state index is -2.70. The SMILES string of the molecule is C/C(Cl)=C\C[C@@H](C/C=C\NC(=O)[C@@H](C)C(C)(C)C)O[Si](c1ccccc1)(c1ccccc1)C(C)(C)C. The maximum atomic E-state index is 12.6. The first-order chi connectivity index (χ1) is 16.8. The number of amides is 1. The first-order valence-corrected chi connectivity index (χ1v) is 15.1. The quantitative estimate of drug-likeness (QED) is 0.334. The van der Waals surface area contributed by atoms with Gasteiger partial charge in [-0.1, -0.05) is 133 Å². The van der Waals surface area contributed by atoms with Crippen molar-refractivity contribution >= 4 is 36.2 Å². The highest BCUT2D eigenvalue weighted by molar-refractivity contribution is 6.99. The lowest BCUT2D eigenvalue weighted by atomic mass is 9.81. The molecule has 0 unspecified atom stereocenters. The molecular formula is C31H44ClNO2Si. The van der Waals surface area contributed by atoms with Crippen LogP contribution in [0.5, 0.6) is 0 Å². The second-order valence-corrected chi connectivity index (χ2v) is 16.5. The molecule has 0 aliphatic carbocycles. The average molecular weight is 526 g/mol. The van der Waals surface area contributed by atoms with Crippen LogP contribution in [-0.2, 0) is 9.22 Å². The zero-order chi connectivity index (χ0) is 27.0. The van der Waals surface area contributed by atoms with Crippen molar-refractivity contribution in [2.24, 2.45) is 11.3 Å². The number of nitrogens with one attached hydrogen (secondary N) is 1. The molecule has 1 N–H and O–H groups in total. The first-order valence-electron chi connectivity index (χ1n) is 12.9. The molecule has 0 saturated heterocycles. The van der Waals surface area contributed by atoms with E-state index in [9.17, 15) is 4.79 Å². The first kappa shape index (κ1) is 30.1. The van der Waals surface area contributed by atoms with Crippen molar-refractivity contribution in [2.45, 2.75) is 79.4 Å². The molecule has 2 rings (SSSR count). The summed E-state index contributed by atoms with van der Waals surface area (Å²) in [4.78, 5) is 12.6. The Morgan fingerprint density at radius 3 is 1.86 bits per heavy atom. The third-order valence-electron chi connectivity index (χ3n) is 6.86. The summed E-state index contributed by atoms with van der Waals surface area (Å²) in [7, 11) is -2.70. The molecule has 0 aliphatic rings. The summed E-state index contributed by atoms with van der Waals surface area (Å²) in [6.45, 7) is 16.9. The fourth-order valence-corrected chi connectivity index (χ4v) is 9.10. The van der Waals surface area contributed by atoms with Crippen LogP contribution in [0.4, 0.5) is 0 Å². The molecule has 1 amide bonds. The van der Waals surface area contributed by atoms with Crippen molar-refractivity contribution in [3.63, 3.8) is 0 Å². The molecule has 3 nitrogen and oxygen atoms in total. The van der Waals surface area contributed by atoms with Crippen LogP contribution in [0, 0.1) is 11.3 Å². The van der Waals surface area contributed by atoms with Gasteiger partial charge in [-0.25, -0.2) is 0 Å². The average Bonchev–Trinajstić information content (AvgIpc) is 2.82. The van der Waals surface area contributed by atoms with Gasteiger partial charge in [-0.05, 0) is 46.8 Å². The number of rotatable bonds is 10. The fraction of sp³-hybridized carbons (Fsp3) is 0.452. The number of allylic oxidation sites excluding steroid dienone is 1. The van der Waals surface area contributed by atoms with E-state index in [4.69, 9.17) is 16.0 Å². The molecule has 2 aromatic rings. The molecule has 196 valence electrons. The summed E-state index contributed by atoms with van der Waals surface area (Å²) in [6, 6.07) is 21.3. The van der Waals surface area contributed by atoms with E-state index in [1.807, 2.05) is 26.0 Å². The second kappa shape index (κ2) is 12.9. The van der Waals surface area contributed by atoms with Crippen molar-refractivity contribution in [3.05, 3.63) is 84.0 Å². The Hall–Kier alpha value is -2.14. The summed E-state index contributed by atoms with van der Waals surface area (Å²) in [5, 5.41) is 6.09. The van der Waals surface area contributed by atoms with Crippen molar-refractivity contribution < 1.29 is 9.22 Å². The minimum absolute atomic E-state index is 0.0275. The van der Waals surface area contributed by atoms with Gasteiger partial charge in [0.1, 0.15) is 0 Å². The van der Waals surface area contributed by atoms with E-state index >= 15 is 0 Å². The van der Waals surface area contributed by atoms with Gasteiger partial charge in [0, 0.05) is 11.0 Å². The Labute approximate surface area is 225 Å². The Balaban J connectivity index is 2.43. The lowest BCUT2D eigenvalue weighted by Crippen LogP contribution is -2.67. The second-order valence-electron chi connectivity index (χ2n) is 11.7. The summed E-state index contributed by atoms with van der Waals surface area (Å²) < 4.78 is 7.31. The molecule has 36 heavy (non-hydrogen) atoms. The van der Waals surface area contributed by atoms with Crippen molar-refractivity contribution in [1.29, 1.82) is 0 Å². The normalized spacial score (nSPS) is 15.1. The van der Waals surface area contributed by atoms with Crippen LogP contribution in [0.1, 0.15) is 68.2 Å². The van der Waals surface area contributed by atoms with E-state index in [-0.39, 0.29) is 28.4 Å². The largest absolute Gasteiger partial charge is 0.404 e. The summed E-state index contributed by atoms with van der Waals surface area (Å²) in [5.74, 6) is -0.0622. The van der Waals surface area contributed by atoms with Crippen LogP contribution < -0.4 is 15.7 Å². The van der Waals surface area contributed by atoms with Gasteiger partial charge in [0.15, 0.2) is 0 Å². The van der Waals surface area contributed by atoms with Crippen LogP contribution in [0.2, 0.25) is 5.04 Å². The summed E-state index contributed by atoms with van der Waals surface area (Å²) >= 11 is 6.24. The number of carbonyl (C=O) groups excluding carboxylic acids is 1. The number of halogens is 1. The van der Waals surface area contributed by atoms with Crippen LogP contribution in [0.25, 0.3) is 0 Å². The highest BCUT2D eigenvalue weighted by Gasteiger charge is 2.51. The Kier molecular flexibility index (Phi) is 10.8. The van der Waals surface area contributed by atoms with Crippen LogP contribution in [0.3, 0.4) is 0 Å². The molecule has 0 spiro atoms. The molecule has 0 saturated carbocycles. The van der Waals surface area contributed by atoms with Crippen molar-refractivity contribution in [3.8, 4) is 0 Å². The predicted octanol–water partition coefficient (Wildman–Crippen LogP) is 7.17. The maximum Gasteiger partial charge on any atom is 0.261 e. The highest BCUT2D eigenvalue weighted by Crippen LogP contribution is 2.38. The van der Waals surface area contributed by atoms with Gasteiger partial charge in [0.2, 0.25) is 5.91 Å². The minimum Gasteiger partial charge on any atom is -0.404 e. The van der Waals surface area contributed by atoms with Crippen LogP contribution >= 0.6 is 11.6 Å². The van der Waals surface area contributed by atoms with Crippen molar-refractivity contribution in [2.75, 3.05) is 0 Å². The summed E-state index contributed by atoms with van der Waals surface area (Å²) in [5.41, 5.74) is -0.0878.